The molecule has 1 aromatic rings. The van der Waals surface area contributed by atoms with E-state index in [-0.39, 0.29) is 5.60 Å². The van der Waals surface area contributed by atoms with Crippen molar-refractivity contribution in [3.8, 4) is 5.75 Å². The molecular formula is C16H21NO4S. The lowest BCUT2D eigenvalue weighted by molar-refractivity contribution is 0.0980. The van der Waals surface area contributed by atoms with E-state index in [1.165, 1.54) is 0 Å². The zero-order valence-electron chi connectivity index (χ0n) is 13.1. The van der Waals surface area contributed by atoms with Crippen LogP contribution in [-0.2, 0) is 16.4 Å². The third kappa shape index (κ3) is 2.49. The van der Waals surface area contributed by atoms with Gasteiger partial charge in [0.25, 0.3) is 5.91 Å². The fraction of sp³-hybridized carbons (Fsp3) is 0.562. The monoisotopic (exact) mass is 323 g/mol. The highest BCUT2D eigenvalue weighted by Crippen LogP contribution is 2.45. The molecular weight excluding hydrogens is 302 g/mol. The highest BCUT2D eigenvalue weighted by molar-refractivity contribution is 7.91. The lowest BCUT2D eigenvalue weighted by Crippen LogP contribution is -2.39. The summed E-state index contributed by atoms with van der Waals surface area (Å²) in [5, 5.41) is 0. The van der Waals surface area contributed by atoms with Gasteiger partial charge < -0.3 is 4.74 Å². The normalized spacial score (nSPS) is 20.9. The molecule has 1 N–H and O–H groups in total. The van der Waals surface area contributed by atoms with Crippen LogP contribution < -0.4 is 9.46 Å². The first-order chi connectivity index (χ1) is 10.2. The van der Waals surface area contributed by atoms with Gasteiger partial charge >= 0.3 is 0 Å². The van der Waals surface area contributed by atoms with E-state index >= 15 is 0 Å². The van der Waals surface area contributed by atoms with Gasteiger partial charge in [-0.2, -0.15) is 0 Å². The number of amides is 1. The first-order valence-corrected chi connectivity index (χ1v) is 9.05. The fourth-order valence-electron chi connectivity index (χ4n) is 2.99. The molecule has 1 saturated carbocycles. The summed E-state index contributed by atoms with van der Waals surface area (Å²) in [6, 6.07) is 5.06. The second kappa shape index (κ2) is 4.72. The maximum Gasteiger partial charge on any atom is 0.264 e. The van der Waals surface area contributed by atoms with E-state index in [4.69, 9.17) is 4.74 Å². The molecule has 6 heteroatoms. The Morgan fingerprint density at radius 3 is 2.59 bits per heavy atom. The number of hydrogen-bond acceptors (Lipinski definition) is 4. The van der Waals surface area contributed by atoms with Gasteiger partial charge in [0.1, 0.15) is 11.4 Å². The molecule has 1 aliphatic heterocycles. The number of hydrogen-bond donors (Lipinski definition) is 1. The van der Waals surface area contributed by atoms with Crippen LogP contribution in [0.3, 0.4) is 0 Å². The van der Waals surface area contributed by atoms with Crippen molar-refractivity contribution >= 4 is 15.9 Å². The van der Waals surface area contributed by atoms with Crippen molar-refractivity contribution in [3.63, 3.8) is 0 Å². The number of carbonyl (C=O) groups excluding carboxylic acids is 1. The summed E-state index contributed by atoms with van der Waals surface area (Å²) in [5.41, 5.74) is 1.01. The minimum absolute atomic E-state index is 0.288. The molecule has 22 heavy (non-hydrogen) atoms. The Kier molecular flexibility index (Phi) is 3.29. The average molecular weight is 323 g/mol. The second-order valence-corrected chi connectivity index (χ2v) is 8.91. The Balaban J connectivity index is 1.80. The molecule has 0 bridgehead atoms. The maximum absolute atomic E-state index is 12.3. The van der Waals surface area contributed by atoms with Gasteiger partial charge in [-0.3, -0.25) is 4.79 Å². The fourth-order valence-corrected chi connectivity index (χ4v) is 4.59. The topological polar surface area (TPSA) is 72.5 Å². The van der Waals surface area contributed by atoms with Gasteiger partial charge in [0.15, 0.2) is 0 Å². The van der Waals surface area contributed by atoms with Crippen molar-refractivity contribution in [2.45, 2.75) is 56.8 Å². The standard InChI is InChI=1S/C16H21NO4S/c1-4-16(7-8-16)22(19,20)17-14(18)11-5-6-13-12(9-11)10-15(2,3)21-13/h5-6,9H,4,7-8,10H2,1-3H3,(H,17,18). The number of ether oxygens (including phenoxy) is 1. The number of fused-ring (bicyclic) bond motifs is 1. The van der Waals surface area contributed by atoms with Crippen LogP contribution in [0.4, 0.5) is 0 Å². The van der Waals surface area contributed by atoms with E-state index in [1.54, 1.807) is 18.2 Å². The summed E-state index contributed by atoms with van der Waals surface area (Å²) in [5.74, 6) is 0.198. The van der Waals surface area contributed by atoms with Gasteiger partial charge in [0.2, 0.25) is 10.0 Å². The molecule has 1 aromatic carbocycles. The number of sulfonamides is 1. The van der Waals surface area contributed by atoms with Gasteiger partial charge in [-0.05, 0) is 56.9 Å². The zero-order valence-corrected chi connectivity index (χ0v) is 13.9. The number of rotatable bonds is 4. The van der Waals surface area contributed by atoms with Gasteiger partial charge in [-0.25, -0.2) is 13.1 Å². The lowest BCUT2D eigenvalue weighted by atomic mass is 10.0. The van der Waals surface area contributed by atoms with E-state index in [9.17, 15) is 13.2 Å². The first-order valence-electron chi connectivity index (χ1n) is 7.57. The first kappa shape index (κ1) is 15.3. The molecule has 1 heterocycles. The predicted octanol–water partition coefficient (Wildman–Crippen LogP) is 2.40. The Labute approximate surface area is 131 Å². The predicted molar refractivity (Wildman–Crippen MR) is 83.5 cm³/mol. The zero-order chi connectivity index (χ0) is 16.2. The van der Waals surface area contributed by atoms with E-state index in [0.717, 1.165) is 11.3 Å². The summed E-state index contributed by atoms with van der Waals surface area (Å²) in [7, 11) is -3.61. The Hall–Kier alpha value is -1.56. The summed E-state index contributed by atoms with van der Waals surface area (Å²) >= 11 is 0. The van der Waals surface area contributed by atoms with Crippen LogP contribution >= 0.6 is 0 Å². The average Bonchev–Trinajstić information content (AvgIpc) is 3.15. The molecule has 0 unspecified atom stereocenters. The smallest absolute Gasteiger partial charge is 0.264 e. The van der Waals surface area contributed by atoms with Gasteiger partial charge in [-0.15, -0.1) is 0 Å². The SMILES string of the molecule is CCC1(S(=O)(=O)NC(=O)c2ccc3c(c2)CC(C)(C)O3)CC1. The van der Waals surface area contributed by atoms with Crippen molar-refractivity contribution in [1.29, 1.82) is 0 Å². The number of carbonyl (C=O) groups is 1. The van der Waals surface area contributed by atoms with Crippen molar-refractivity contribution in [3.05, 3.63) is 29.3 Å². The van der Waals surface area contributed by atoms with Crippen molar-refractivity contribution in [2.75, 3.05) is 0 Å². The molecule has 5 nitrogen and oxygen atoms in total. The van der Waals surface area contributed by atoms with E-state index in [1.807, 2.05) is 20.8 Å². The highest BCUT2D eigenvalue weighted by atomic mass is 32.2. The minimum Gasteiger partial charge on any atom is -0.487 e. The van der Waals surface area contributed by atoms with Crippen LogP contribution in [0.15, 0.2) is 18.2 Å². The van der Waals surface area contributed by atoms with Crippen molar-refractivity contribution in [2.24, 2.45) is 0 Å². The molecule has 0 atom stereocenters. The molecule has 2 aliphatic rings. The largest absolute Gasteiger partial charge is 0.487 e. The molecule has 120 valence electrons. The molecule has 1 fully saturated rings. The van der Waals surface area contributed by atoms with Gasteiger partial charge in [0, 0.05) is 12.0 Å². The summed E-state index contributed by atoms with van der Waals surface area (Å²) < 4.78 is 31.9. The lowest BCUT2D eigenvalue weighted by Gasteiger charge is -2.16. The van der Waals surface area contributed by atoms with Crippen molar-refractivity contribution < 1.29 is 17.9 Å². The van der Waals surface area contributed by atoms with E-state index < -0.39 is 20.7 Å². The maximum atomic E-state index is 12.3. The quantitative estimate of drug-likeness (QED) is 0.923. The molecule has 1 amide bonds. The highest BCUT2D eigenvalue weighted by Gasteiger charge is 2.53. The number of nitrogens with one attached hydrogen (secondary N) is 1. The third-order valence-electron chi connectivity index (χ3n) is 4.57. The molecule has 3 rings (SSSR count). The summed E-state index contributed by atoms with van der Waals surface area (Å²) in [4.78, 5) is 12.3. The van der Waals surface area contributed by atoms with Crippen molar-refractivity contribution in [1.82, 2.24) is 4.72 Å². The second-order valence-electron chi connectivity index (χ2n) is 6.83. The van der Waals surface area contributed by atoms with Crippen LogP contribution in [0.25, 0.3) is 0 Å². The Morgan fingerprint density at radius 2 is 2.00 bits per heavy atom. The van der Waals surface area contributed by atoms with Crippen LogP contribution in [0, 0.1) is 0 Å². The molecule has 0 saturated heterocycles. The summed E-state index contributed by atoms with van der Waals surface area (Å²) in [6.45, 7) is 5.80. The Bertz CT molecular complexity index is 733. The van der Waals surface area contributed by atoms with Crippen LogP contribution in [0.1, 0.15) is 56.0 Å². The molecule has 0 radical (unpaired) electrons. The van der Waals surface area contributed by atoms with Crippen LogP contribution in [0.2, 0.25) is 0 Å². The minimum atomic E-state index is -3.61. The Morgan fingerprint density at radius 1 is 1.32 bits per heavy atom. The number of benzene rings is 1. The van der Waals surface area contributed by atoms with Crippen LogP contribution in [0.5, 0.6) is 5.75 Å². The molecule has 1 aliphatic carbocycles. The molecule has 0 spiro atoms. The molecule has 0 aromatic heterocycles. The van der Waals surface area contributed by atoms with Gasteiger partial charge in [-0.1, -0.05) is 6.92 Å². The van der Waals surface area contributed by atoms with E-state index in [0.29, 0.717) is 31.2 Å². The summed E-state index contributed by atoms with van der Waals surface area (Å²) in [6.07, 6.45) is 2.48. The van der Waals surface area contributed by atoms with Crippen LogP contribution in [-0.4, -0.2) is 24.7 Å². The van der Waals surface area contributed by atoms with Gasteiger partial charge in [0.05, 0.1) is 4.75 Å². The van der Waals surface area contributed by atoms with E-state index in [2.05, 4.69) is 4.72 Å². The third-order valence-corrected chi connectivity index (χ3v) is 6.87.